The van der Waals surface area contributed by atoms with Crippen molar-refractivity contribution in [1.29, 1.82) is 0 Å². The number of anilines is 2. The van der Waals surface area contributed by atoms with Gasteiger partial charge in [0.2, 0.25) is 0 Å². The minimum Gasteiger partial charge on any atom is -0.280 e. The maximum Gasteiger partial charge on any atom is 0.264 e. The van der Waals surface area contributed by atoms with E-state index >= 15 is 0 Å². The van der Waals surface area contributed by atoms with Gasteiger partial charge in [0.05, 0.1) is 15.5 Å². The molecule has 0 bridgehead atoms. The van der Waals surface area contributed by atoms with Gasteiger partial charge >= 0.3 is 0 Å². The van der Waals surface area contributed by atoms with Crippen LogP contribution in [0, 0.1) is 0 Å². The van der Waals surface area contributed by atoms with Gasteiger partial charge in [0.25, 0.3) is 20.0 Å². The highest BCUT2D eigenvalue weighted by Crippen LogP contribution is 2.23. The predicted octanol–water partition coefficient (Wildman–Crippen LogP) is 5.10. The maximum absolute atomic E-state index is 13.1. The fourth-order valence-electron chi connectivity index (χ4n) is 3.69. The number of rotatable bonds is 9. The average Bonchev–Trinajstić information content (AvgIpc) is 2.88. The van der Waals surface area contributed by atoms with E-state index in [0.717, 1.165) is 11.1 Å². The third-order valence-corrected chi connectivity index (χ3v) is 8.79. The third kappa shape index (κ3) is 5.90. The van der Waals surface area contributed by atoms with Crippen LogP contribution < -0.4 is 9.03 Å². The second-order valence-corrected chi connectivity index (χ2v) is 11.7. The number of aryl methyl sites for hydroxylation is 2. The number of sulfonamides is 2. The molecule has 0 atom stereocenters. The van der Waals surface area contributed by atoms with Crippen molar-refractivity contribution < 1.29 is 16.8 Å². The Labute approximate surface area is 207 Å². The van der Waals surface area contributed by atoms with Crippen molar-refractivity contribution in [2.24, 2.45) is 0 Å². The molecule has 0 aliphatic heterocycles. The Balaban J connectivity index is 1.47. The number of hydrogen-bond donors (Lipinski definition) is 1. The summed E-state index contributed by atoms with van der Waals surface area (Å²) < 4.78 is 55.3. The van der Waals surface area contributed by atoms with E-state index in [2.05, 4.69) is 4.72 Å². The maximum atomic E-state index is 13.1. The normalized spacial score (nSPS) is 11.7. The van der Waals surface area contributed by atoms with Crippen LogP contribution >= 0.6 is 0 Å². The molecule has 6 nitrogen and oxygen atoms in total. The Kier molecular flexibility index (Phi) is 7.23. The first kappa shape index (κ1) is 24.5. The zero-order chi connectivity index (χ0) is 24.9. The van der Waals surface area contributed by atoms with Gasteiger partial charge in [-0.25, -0.2) is 16.8 Å². The van der Waals surface area contributed by atoms with Crippen molar-refractivity contribution >= 4 is 31.4 Å². The van der Waals surface area contributed by atoms with Crippen molar-refractivity contribution in [1.82, 2.24) is 0 Å². The van der Waals surface area contributed by atoms with Crippen molar-refractivity contribution in [3.63, 3.8) is 0 Å². The quantitative estimate of drug-likeness (QED) is 0.342. The minimum absolute atomic E-state index is 0.198. The van der Waals surface area contributed by atoms with Crippen LogP contribution in [-0.2, 0) is 32.9 Å². The van der Waals surface area contributed by atoms with E-state index in [1.165, 1.54) is 4.31 Å². The molecule has 0 aromatic heterocycles. The molecule has 0 spiro atoms. The van der Waals surface area contributed by atoms with Crippen LogP contribution in [0.15, 0.2) is 119 Å². The van der Waals surface area contributed by atoms with Gasteiger partial charge in [-0.15, -0.1) is 0 Å². The fourth-order valence-corrected chi connectivity index (χ4v) is 6.03. The fraction of sp³-hybridized carbons (Fsp3) is 0.111. The largest absolute Gasteiger partial charge is 0.280 e. The number of benzene rings is 4. The molecular formula is C27H26N2O4S2. The summed E-state index contributed by atoms with van der Waals surface area (Å²) in [6.45, 7) is 0. The van der Waals surface area contributed by atoms with Gasteiger partial charge in [0, 0.05) is 12.7 Å². The number of nitrogens with one attached hydrogen (secondary N) is 1. The van der Waals surface area contributed by atoms with E-state index in [1.54, 1.807) is 98.0 Å². The first-order valence-corrected chi connectivity index (χ1v) is 14.0. The molecule has 0 fully saturated rings. The molecule has 35 heavy (non-hydrogen) atoms. The molecule has 0 heterocycles. The first-order chi connectivity index (χ1) is 16.8. The smallest absolute Gasteiger partial charge is 0.264 e. The molecule has 4 aromatic carbocycles. The van der Waals surface area contributed by atoms with Crippen LogP contribution in [0.4, 0.5) is 11.4 Å². The Bertz CT molecular complexity index is 1510. The SMILES string of the molecule is CN(c1ccccc1)S(=O)(=O)c1cccc(CCc2cccc(NS(=O)(=O)c3ccccc3)c2)c1. The van der Waals surface area contributed by atoms with E-state index in [-0.39, 0.29) is 9.79 Å². The summed E-state index contributed by atoms with van der Waals surface area (Å²) in [7, 11) is -5.82. The van der Waals surface area contributed by atoms with Crippen molar-refractivity contribution in [3.05, 3.63) is 120 Å². The molecular weight excluding hydrogens is 480 g/mol. The second-order valence-electron chi connectivity index (χ2n) is 8.07. The average molecular weight is 507 g/mol. The lowest BCUT2D eigenvalue weighted by Crippen LogP contribution is -2.26. The lowest BCUT2D eigenvalue weighted by atomic mass is 10.0. The highest BCUT2D eigenvalue weighted by Gasteiger charge is 2.21. The molecule has 0 aliphatic rings. The number of hydrogen-bond acceptors (Lipinski definition) is 4. The summed E-state index contributed by atoms with van der Waals surface area (Å²) >= 11 is 0. The summed E-state index contributed by atoms with van der Waals surface area (Å²) in [5.41, 5.74) is 2.88. The van der Waals surface area contributed by atoms with Gasteiger partial charge < -0.3 is 0 Å². The van der Waals surface area contributed by atoms with Crippen LogP contribution in [0.25, 0.3) is 0 Å². The summed E-state index contributed by atoms with van der Waals surface area (Å²) in [5, 5.41) is 0. The Hall–Kier alpha value is -3.62. The van der Waals surface area contributed by atoms with Crippen molar-refractivity contribution in [2.75, 3.05) is 16.1 Å². The third-order valence-electron chi connectivity index (χ3n) is 5.61. The van der Waals surface area contributed by atoms with Crippen LogP contribution in [-0.4, -0.2) is 23.9 Å². The Morgan fingerprint density at radius 2 is 1.17 bits per heavy atom. The van der Waals surface area contributed by atoms with Crippen LogP contribution in [0.5, 0.6) is 0 Å². The summed E-state index contributed by atoms with van der Waals surface area (Å²) in [4.78, 5) is 0.426. The first-order valence-electron chi connectivity index (χ1n) is 11.1. The molecule has 4 aromatic rings. The van der Waals surface area contributed by atoms with Gasteiger partial charge in [-0.05, 0) is 72.5 Å². The van der Waals surface area contributed by atoms with E-state index in [1.807, 2.05) is 18.2 Å². The van der Waals surface area contributed by atoms with Crippen LogP contribution in [0.3, 0.4) is 0 Å². The van der Waals surface area contributed by atoms with Gasteiger partial charge in [0.1, 0.15) is 0 Å². The highest BCUT2D eigenvalue weighted by molar-refractivity contribution is 7.93. The minimum atomic E-state index is -3.69. The van der Waals surface area contributed by atoms with E-state index < -0.39 is 20.0 Å². The Morgan fingerprint density at radius 1 is 0.629 bits per heavy atom. The lowest BCUT2D eigenvalue weighted by Gasteiger charge is -2.19. The zero-order valence-electron chi connectivity index (χ0n) is 19.2. The summed E-state index contributed by atoms with van der Waals surface area (Å²) in [6.07, 6.45) is 1.23. The zero-order valence-corrected chi connectivity index (χ0v) is 20.8. The molecule has 0 unspecified atom stereocenters. The molecule has 0 radical (unpaired) electrons. The van der Waals surface area contributed by atoms with Gasteiger partial charge in [-0.3, -0.25) is 9.03 Å². The van der Waals surface area contributed by atoms with Gasteiger partial charge in [-0.1, -0.05) is 60.7 Å². The number of para-hydroxylation sites is 1. The molecule has 180 valence electrons. The van der Waals surface area contributed by atoms with Crippen LogP contribution in [0.2, 0.25) is 0 Å². The topological polar surface area (TPSA) is 83.6 Å². The Morgan fingerprint density at radius 3 is 1.83 bits per heavy atom. The second kappa shape index (κ2) is 10.3. The van der Waals surface area contributed by atoms with Gasteiger partial charge in [-0.2, -0.15) is 0 Å². The highest BCUT2D eigenvalue weighted by atomic mass is 32.2. The summed E-state index contributed by atoms with van der Waals surface area (Å²) in [6, 6.07) is 31.3. The predicted molar refractivity (Wildman–Crippen MR) is 140 cm³/mol. The summed E-state index contributed by atoms with van der Waals surface area (Å²) in [5.74, 6) is 0. The number of nitrogens with zero attached hydrogens (tertiary/aromatic N) is 1. The molecule has 4 rings (SSSR count). The van der Waals surface area contributed by atoms with E-state index in [9.17, 15) is 16.8 Å². The monoisotopic (exact) mass is 506 g/mol. The van der Waals surface area contributed by atoms with Crippen LogP contribution in [0.1, 0.15) is 11.1 Å². The molecule has 0 saturated heterocycles. The van der Waals surface area contributed by atoms with E-state index in [4.69, 9.17) is 0 Å². The molecule has 0 saturated carbocycles. The van der Waals surface area contributed by atoms with E-state index in [0.29, 0.717) is 24.2 Å². The lowest BCUT2D eigenvalue weighted by molar-refractivity contribution is 0.594. The van der Waals surface area contributed by atoms with Crippen molar-refractivity contribution in [2.45, 2.75) is 22.6 Å². The molecule has 1 N–H and O–H groups in total. The molecule has 0 aliphatic carbocycles. The van der Waals surface area contributed by atoms with Crippen molar-refractivity contribution in [3.8, 4) is 0 Å². The standard InChI is InChI=1S/C27H26N2O4S2/c1-29(25-13-4-2-5-14-25)35(32,33)27-17-9-11-23(21-27)19-18-22-10-8-12-24(20-22)28-34(30,31)26-15-6-3-7-16-26/h2-17,20-21,28H,18-19H2,1H3. The molecule has 8 heteroatoms. The molecule has 0 amide bonds. The van der Waals surface area contributed by atoms with Gasteiger partial charge in [0.15, 0.2) is 0 Å².